The molecule has 3 heterocycles. The van der Waals surface area contributed by atoms with E-state index in [9.17, 15) is 4.79 Å². The molecule has 2 N–H and O–H groups in total. The second kappa shape index (κ2) is 6.72. The number of para-hydroxylation sites is 2. The number of esters is 1. The largest absolute Gasteiger partial charge is 0.463 e. The predicted octanol–water partition coefficient (Wildman–Crippen LogP) is 1.90. The summed E-state index contributed by atoms with van der Waals surface area (Å²) < 4.78 is 10.3. The average Bonchev–Trinajstić information content (AvgIpc) is 3.28. The summed E-state index contributed by atoms with van der Waals surface area (Å²) in [5.74, 6) is 2.16. The van der Waals surface area contributed by atoms with Crippen LogP contribution in [0.1, 0.15) is 40.9 Å². The number of aromatic nitrogens is 2. The molecule has 130 valence electrons. The van der Waals surface area contributed by atoms with Crippen LogP contribution < -0.4 is 4.90 Å². The predicted molar refractivity (Wildman–Crippen MR) is 92.5 cm³/mol. The molecule has 1 aromatic carbocycles. The van der Waals surface area contributed by atoms with Gasteiger partial charge in [-0.15, -0.1) is 0 Å². The van der Waals surface area contributed by atoms with Gasteiger partial charge in [0.25, 0.3) is 0 Å². The minimum absolute atomic E-state index is 0.266. The highest BCUT2D eigenvalue weighted by molar-refractivity contribution is 5.86. The Kier molecular flexibility index (Phi) is 4.28. The zero-order valence-electron chi connectivity index (χ0n) is 14.2. The fourth-order valence-corrected chi connectivity index (χ4v) is 3.64. The summed E-state index contributed by atoms with van der Waals surface area (Å²) in [6, 6.07) is 11.7. The molecule has 1 fully saturated rings. The minimum atomic E-state index is -0.431. The Hall–Kier alpha value is -2.60. The lowest BCUT2D eigenvalue weighted by molar-refractivity contribution is -0.921. The molecule has 0 saturated carbocycles. The Morgan fingerprint density at radius 2 is 2.24 bits per heavy atom. The first-order chi connectivity index (χ1) is 12.2. The molecule has 0 radical (unpaired) electrons. The molecule has 1 unspecified atom stereocenters. The highest BCUT2D eigenvalue weighted by atomic mass is 16.5. The Balaban J connectivity index is 1.45. The van der Waals surface area contributed by atoms with Crippen molar-refractivity contribution in [1.29, 1.82) is 0 Å². The summed E-state index contributed by atoms with van der Waals surface area (Å²) in [5.41, 5.74) is 2.12. The molecule has 1 aliphatic rings. The quantitative estimate of drug-likeness (QED) is 0.712. The fourth-order valence-electron chi connectivity index (χ4n) is 3.64. The summed E-state index contributed by atoms with van der Waals surface area (Å²) >= 11 is 0. The van der Waals surface area contributed by atoms with Gasteiger partial charge in [0.05, 0.1) is 37.2 Å². The Morgan fingerprint density at radius 1 is 1.36 bits per heavy atom. The van der Waals surface area contributed by atoms with Crippen molar-refractivity contribution < 1.29 is 18.8 Å². The number of piperidine rings is 1. The molecule has 2 aromatic heterocycles. The molecule has 6 nitrogen and oxygen atoms in total. The number of benzene rings is 1. The second-order valence-electron chi connectivity index (χ2n) is 6.62. The van der Waals surface area contributed by atoms with Gasteiger partial charge >= 0.3 is 5.97 Å². The summed E-state index contributed by atoms with van der Waals surface area (Å²) in [5, 5.41) is 0. The highest BCUT2D eigenvalue weighted by Crippen LogP contribution is 2.22. The topological polar surface area (TPSA) is 72.6 Å². The first kappa shape index (κ1) is 15.9. The number of quaternary nitrogens is 1. The fraction of sp³-hybridized carbons (Fsp3) is 0.368. The molecule has 0 aliphatic carbocycles. The molecule has 0 amide bonds. The van der Waals surface area contributed by atoms with Crippen LogP contribution in [0, 0.1) is 0 Å². The Labute approximate surface area is 145 Å². The van der Waals surface area contributed by atoms with Gasteiger partial charge in [-0.2, -0.15) is 0 Å². The van der Waals surface area contributed by atoms with Crippen LogP contribution >= 0.6 is 0 Å². The van der Waals surface area contributed by atoms with E-state index in [4.69, 9.17) is 14.1 Å². The van der Waals surface area contributed by atoms with Crippen LogP contribution in [-0.4, -0.2) is 36.1 Å². The maximum absolute atomic E-state index is 11.5. The third kappa shape index (κ3) is 3.30. The van der Waals surface area contributed by atoms with Gasteiger partial charge in [-0.25, -0.2) is 9.78 Å². The van der Waals surface area contributed by atoms with Crippen LogP contribution in [0.3, 0.4) is 0 Å². The number of fused-ring (bicyclic) bond motifs is 1. The van der Waals surface area contributed by atoms with Crippen LogP contribution in [0.4, 0.5) is 0 Å². The van der Waals surface area contributed by atoms with Gasteiger partial charge in [0.15, 0.2) is 5.76 Å². The second-order valence-corrected chi connectivity index (χ2v) is 6.62. The highest BCUT2D eigenvalue weighted by Gasteiger charge is 2.27. The lowest BCUT2D eigenvalue weighted by Gasteiger charge is -2.28. The number of carbonyl (C=O) groups is 1. The van der Waals surface area contributed by atoms with E-state index in [0.29, 0.717) is 5.92 Å². The number of H-pyrrole nitrogens is 1. The summed E-state index contributed by atoms with van der Waals surface area (Å²) in [4.78, 5) is 21.2. The normalized spacial score (nSPS) is 20.7. The molecule has 4 rings (SSSR count). The van der Waals surface area contributed by atoms with Crippen molar-refractivity contribution in [1.82, 2.24) is 9.97 Å². The van der Waals surface area contributed by atoms with Crippen molar-refractivity contribution in [3.63, 3.8) is 0 Å². The number of hydrogen-bond donors (Lipinski definition) is 2. The van der Waals surface area contributed by atoms with E-state index in [2.05, 4.69) is 11.1 Å². The van der Waals surface area contributed by atoms with E-state index in [-0.39, 0.29) is 5.76 Å². The van der Waals surface area contributed by atoms with Gasteiger partial charge < -0.3 is 19.0 Å². The van der Waals surface area contributed by atoms with Gasteiger partial charge in [-0.1, -0.05) is 12.1 Å². The van der Waals surface area contributed by atoms with E-state index in [1.807, 2.05) is 24.3 Å². The minimum Gasteiger partial charge on any atom is -0.463 e. The standard InChI is InChI=1S/C19H21N3O3/c1-24-19(23)17-9-8-14(25-17)12-22-10-4-5-13(11-22)18-20-15-6-2-3-7-16(15)21-18/h2-3,6-9,13H,4-5,10-12H2,1H3,(H,20,21)/p+1/t13-/m0/s1. The van der Waals surface area contributed by atoms with Crippen molar-refractivity contribution >= 4 is 17.0 Å². The monoisotopic (exact) mass is 340 g/mol. The molecule has 0 bridgehead atoms. The number of nitrogens with one attached hydrogen (secondary N) is 2. The summed E-state index contributed by atoms with van der Waals surface area (Å²) in [7, 11) is 1.36. The van der Waals surface area contributed by atoms with Crippen molar-refractivity contribution in [2.45, 2.75) is 25.3 Å². The van der Waals surface area contributed by atoms with Crippen LogP contribution in [0.5, 0.6) is 0 Å². The smallest absolute Gasteiger partial charge is 0.373 e. The number of rotatable bonds is 4. The number of aromatic amines is 1. The Bertz CT molecular complexity index is 850. The number of furan rings is 1. The third-order valence-corrected chi connectivity index (χ3v) is 4.88. The first-order valence-corrected chi connectivity index (χ1v) is 8.68. The maximum atomic E-state index is 11.5. The molecule has 1 aliphatic heterocycles. The number of ether oxygens (including phenoxy) is 1. The van der Waals surface area contributed by atoms with Gasteiger partial charge in [0.1, 0.15) is 12.4 Å². The number of imidazole rings is 1. The van der Waals surface area contributed by atoms with Gasteiger partial charge in [0.2, 0.25) is 5.76 Å². The van der Waals surface area contributed by atoms with E-state index in [1.165, 1.54) is 12.0 Å². The SMILES string of the molecule is COC(=O)c1ccc(C[NH+]2CCC[C@H](c3nc4ccccc4[nH]3)C2)o1. The number of likely N-dealkylation sites (tertiary alicyclic amines) is 1. The van der Waals surface area contributed by atoms with E-state index < -0.39 is 5.97 Å². The van der Waals surface area contributed by atoms with Crippen LogP contribution in [0.25, 0.3) is 11.0 Å². The number of nitrogens with zero attached hydrogens (tertiary/aromatic N) is 1. The molecule has 2 atom stereocenters. The number of methoxy groups -OCH3 is 1. The molecule has 1 saturated heterocycles. The van der Waals surface area contributed by atoms with E-state index >= 15 is 0 Å². The van der Waals surface area contributed by atoms with Crippen molar-refractivity contribution in [2.75, 3.05) is 20.2 Å². The van der Waals surface area contributed by atoms with Gasteiger partial charge in [-0.05, 0) is 37.1 Å². The molecule has 6 heteroatoms. The molecular formula is C19H22N3O3+. The lowest BCUT2D eigenvalue weighted by atomic mass is 9.97. The number of hydrogen-bond acceptors (Lipinski definition) is 4. The van der Waals surface area contributed by atoms with Crippen LogP contribution in [0.2, 0.25) is 0 Å². The van der Waals surface area contributed by atoms with Gasteiger partial charge in [-0.3, -0.25) is 0 Å². The molecule has 25 heavy (non-hydrogen) atoms. The summed E-state index contributed by atoms with van der Waals surface area (Å²) in [6.07, 6.45) is 2.30. The van der Waals surface area contributed by atoms with Crippen molar-refractivity contribution in [2.24, 2.45) is 0 Å². The molecule has 3 aromatic rings. The third-order valence-electron chi connectivity index (χ3n) is 4.88. The van der Waals surface area contributed by atoms with Crippen LogP contribution in [-0.2, 0) is 11.3 Å². The van der Waals surface area contributed by atoms with E-state index in [0.717, 1.165) is 55.1 Å². The van der Waals surface area contributed by atoms with Crippen molar-refractivity contribution in [3.05, 3.63) is 53.7 Å². The van der Waals surface area contributed by atoms with Crippen LogP contribution in [0.15, 0.2) is 40.8 Å². The maximum Gasteiger partial charge on any atom is 0.373 e. The average molecular weight is 340 g/mol. The first-order valence-electron chi connectivity index (χ1n) is 8.68. The molecular weight excluding hydrogens is 318 g/mol. The van der Waals surface area contributed by atoms with Gasteiger partial charge in [0, 0.05) is 0 Å². The number of carbonyl (C=O) groups excluding carboxylic acids is 1. The lowest BCUT2D eigenvalue weighted by Crippen LogP contribution is -3.12. The zero-order chi connectivity index (χ0) is 17.2. The van der Waals surface area contributed by atoms with E-state index in [1.54, 1.807) is 6.07 Å². The summed E-state index contributed by atoms with van der Waals surface area (Å²) in [6.45, 7) is 2.88. The van der Waals surface area contributed by atoms with Crippen molar-refractivity contribution in [3.8, 4) is 0 Å². The zero-order valence-corrected chi connectivity index (χ0v) is 14.2. The Morgan fingerprint density at radius 3 is 3.08 bits per heavy atom. The molecule has 0 spiro atoms.